The lowest BCUT2D eigenvalue weighted by Gasteiger charge is -2.27. The molecule has 2 aromatic heterocycles. The highest BCUT2D eigenvalue weighted by atomic mass is 16.2. The summed E-state index contributed by atoms with van der Waals surface area (Å²) in [4.78, 5) is 32.4. The first kappa shape index (κ1) is 25.6. The predicted octanol–water partition coefficient (Wildman–Crippen LogP) is 5.18. The van der Waals surface area contributed by atoms with E-state index in [4.69, 9.17) is 4.98 Å². The molecule has 1 amide bonds. The summed E-state index contributed by atoms with van der Waals surface area (Å²) in [6.45, 7) is 12.9. The second kappa shape index (κ2) is 11.0. The molecule has 188 valence electrons. The fourth-order valence-electron chi connectivity index (χ4n) is 4.65. The Labute approximate surface area is 213 Å². The van der Waals surface area contributed by atoms with Crippen LogP contribution in [0.15, 0.2) is 60.3 Å². The summed E-state index contributed by atoms with van der Waals surface area (Å²) >= 11 is 0. The third-order valence-corrected chi connectivity index (χ3v) is 6.76. The van der Waals surface area contributed by atoms with Gasteiger partial charge in [-0.2, -0.15) is 0 Å². The van der Waals surface area contributed by atoms with Gasteiger partial charge in [0.1, 0.15) is 5.65 Å². The first-order valence-electron chi connectivity index (χ1n) is 12.8. The van der Waals surface area contributed by atoms with E-state index >= 15 is 0 Å². The number of Topliss-reactive ketones (excluding diaryl/α,β-unsaturated/α-hetero) is 1. The van der Waals surface area contributed by atoms with Crippen molar-refractivity contribution in [3.63, 3.8) is 0 Å². The zero-order valence-corrected chi connectivity index (χ0v) is 22.0. The summed E-state index contributed by atoms with van der Waals surface area (Å²) in [6.07, 6.45) is 6.92. The third-order valence-electron chi connectivity index (χ3n) is 6.76. The maximum Gasteiger partial charge on any atom is 0.254 e. The first-order chi connectivity index (χ1) is 17.3. The average Bonchev–Trinajstić information content (AvgIpc) is 3.26. The third kappa shape index (κ3) is 5.19. The molecule has 1 aliphatic heterocycles. The Morgan fingerprint density at radius 2 is 1.83 bits per heavy atom. The molecule has 3 aromatic rings. The Morgan fingerprint density at radius 3 is 2.50 bits per heavy atom. The fraction of sp³-hybridized carbons (Fsp3) is 0.367. The number of imidazole rings is 1. The van der Waals surface area contributed by atoms with E-state index in [2.05, 4.69) is 54.8 Å². The molecule has 1 aliphatic rings. The molecule has 0 saturated carbocycles. The van der Waals surface area contributed by atoms with Crippen molar-refractivity contribution in [1.82, 2.24) is 19.6 Å². The van der Waals surface area contributed by atoms with Gasteiger partial charge in [-0.1, -0.05) is 57.2 Å². The molecule has 1 N–H and O–H groups in total. The molecule has 1 fully saturated rings. The van der Waals surface area contributed by atoms with Crippen molar-refractivity contribution in [3.8, 4) is 11.3 Å². The number of carbonyl (C=O) groups excluding carboxylic acids is 2. The van der Waals surface area contributed by atoms with Gasteiger partial charge in [-0.25, -0.2) is 4.98 Å². The van der Waals surface area contributed by atoms with Gasteiger partial charge in [0.2, 0.25) is 0 Å². The van der Waals surface area contributed by atoms with Gasteiger partial charge in [-0.15, -0.1) is 0 Å². The summed E-state index contributed by atoms with van der Waals surface area (Å²) in [5.41, 5.74) is 6.98. The number of hydrogen-bond donors (Lipinski definition) is 1. The highest BCUT2D eigenvalue weighted by molar-refractivity contribution is 6.04. The number of nitrogens with zero attached hydrogens (tertiary/aromatic N) is 3. The molecule has 0 atom stereocenters. The van der Waals surface area contributed by atoms with Gasteiger partial charge in [-0.05, 0) is 55.0 Å². The smallest absolute Gasteiger partial charge is 0.254 e. The molecule has 0 bridgehead atoms. The Hall–Kier alpha value is -3.51. The Kier molecular flexibility index (Phi) is 7.85. The summed E-state index contributed by atoms with van der Waals surface area (Å²) in [5, 5.41) is 3.29. The van der Waals surface area contributed by atoms with Gasteiger partial charge in [0.05, 0.1) is 11.4 Å². The molecular weight excluding hydrogens is 448 g/mol. The van der Waals surface area contributed by atoms with Crippen LogP contribution in [0.5, 0.6) is 0 Å². The van der Waals surface area contributed by atoms with Gasteiger partial charge < -0.3 is 14.6 Å². The van der Waals surface area contributed by atoms with Crippen LogP contribution in [0.3, 0.4) is 0 Å². The van der Waals surface area contributed by atoms with E-state index in [1.807, 2.05) is 42.3 Å². The van der Waals surface area contributed by atoms with Crippen LogP contribution in [0.4, 0.5) is 0 Å². The number of benzene rings is 1. The van der Waals surface area contributed by atoms with Crippen LogP contribution in [-0.4, -0.2) is 52.2 Å². The molecule has 6 nitrogen and oxygen atoms in total. The molecular formula is C30H36N4O2. The topological polar surface area (TPSA) is 66.7 Å². The summed E-state index contributed by atoms with van der Waals surface area (Å²) < 4.78 is 2.08. The lowest BCUT2D eigenvalue weighted by atomic mass is 9.91. The number of fused-ring (bicyclic) bond motifs is 1. The zero-order chi connectivity index (χ0) is 25.8. The van der Waals surface area contributed by atoms with E-state index in [0.29, 0.717) is 24.6 Å². The van der Waals surface area contributed by atoms with E-state index in [1.54, 1.807) is 6.92 Å². The van der Waals surface area contributed by atoms with Crippen LogP contribution in [-0.2, 0) is 11.2 Å². The number of pyridine rings is 1. The molecule has 0 radical (unpaired) electrons. The average molecular weight is 485 g/mol. The Morgan fingerprint density at radius 1 is 1.11 bits per heavy atom. The number of hydrogen-bond acceptors (Lipinski definition) is 4. The van der Waals surface area contributed by atoms with Gasteiger partial charge in [0.15, 0.2) is 5.78 Å². The van der Waals surface area contributed by atoms with Crippen LogP contribution in [0, 0.1) is 5.92 Å². The molecule has 3 heterocycles. The quantitative estimate of drug-likeness (QED) is 0.371. The number of allylic oxidation sites excluding steroid dienone is 4. The van der Waals surface area contributed by atoms with E-state index < -0.39 is 0 Å². The highest BCUT2D eigenvalue weighted by Crippen LogP contribution is 2.34. The molecule has 0 spiro atoms. The van der Waals surface area contributed by atoms with Crippen molar-refractivity contribution in [2.24, 2.45) is 5.92 Å². The maximum atomic E-state index is 13.1. The molecule has 0 unspecified atom stereocenters. The van der Waals surface area contributed by atoms with Crippen LogP contribution in [0.25, 0.3) is 22.5 Å². The lowest BCUT2D eigenvalue weighted by molar-refractivity contribution is -0.113. The normalized spacial score (nSPS) is 15.1. The Balaban J connectivity index is 1.85. The van der Waals surface area contributed by atoms with Crippen molar-refractivity contribution < 1.29 is 9.59 Å². The van der Waals surface area contributed by atoms with Crippen molar-refractivity contribution in [2.45, 2.75) is 41.0 Å². The zero-order valence-electron chi connectivity index (χ0n) is 22.0. The highest BCUT2D eigenvalue weighted by Gasteiger charge is 2.21. The standard InChI is InChI=1S/C30H36N4O2/c1-6-27-29(26-10-8-7-9-25(26)24(12-11-20(2)3)21(4)22(5)35)32-28-19-23(13-16-34(27)28)30(36)33-17-14-31-15-18-33/h7-13,16,19-20,31H,6,14-15,17-18H2,1-5H3/b12-11-,24-21+. The van der Waals surface area contributed by atoms with E-state index in [-0.39, 0.29) is 11.7 Å². The summed E-state index contributed by atoms with van der Waals surface area (Å²) in [6, 6.07) is 11.9. The lowest BCUT2D eigenvalue weighted by Crippen LogP contribution is -2.46. The van der Waals surface area contributed by atoms with Gasteiger partial charge in [0.25, 0.3) is 5.91 Å². The Bertz CT molecular complexity index is 1340. The monoisotopic (exact) mass is 484 g/mol. The molecule has 1 aromatic carbocycles. The van der Waals surface area contributed by atoms with E-state index in [9.17, 15) is 9.59 Å². The number of piperazine rings is 1. The minimum absolute atomic E-state index is 0.0446. The second-order valence-corrected chi connectivity index (χ2v) is 9.69. The summed E-state index contributed by atoms with van der Waals surface area (Å²) in [5.74, 6) is 0.457. The van der Waals surface area contributed by atoms with Gasteiger partial charge >= 0.3 is 0 Å². The van der Waals surface area contributed by atoms with E-state index in [1.165, 1.54) is 0 Å². The summed E-state index contributed by atoms with van der Waals surface area (Å²) in [7, 11) is 0. The predicted molar refractivity (Wildman–Crippen MR) is 146 cm³/mol. The minimum atomic E-state index is 0.0446. The minimum Gasteiger partial charge on any atom is -0.336 e. The van der Waals surface area contributed by atoms with Crippen molar-refractivity contribution in [2.75, 3.05) is 26.2 Å². The number of aryl methyl sites for hydroxylation is 1. The van der Waals surface area contributed by atoms with Crippen LogP contribution in [0.1, 0.15) is 56.2 Å². The first-order valence-corrected chi connectivity index (χ1v) is 12.8. The number of aromatic nitrogens is 2. The fourth-order valence-corrected chi connectivity index (χ4v) is 4.65. The number of rotatable bonds is 7. The number of amides is 1. The largest absolute Gasteiger partial charge is 0.336 e. The SMILES string of the molecule is CCc1c(-c2ccccc2C(/C=C\C(C)C)=C(\C)C(C)=O)nc2cc(C(=O)N3CCNCC3)ccn12. The van der Waals surface area contributed by atoms with Crippen LogP contribution in [0.2, 0.25) is 0 Å². The van der Waals surface area contributed by atoms with E-state index in [0.717, 1.165) is 58.8 Å². The molecule has 1 saturated heterocycles. The van der Waals surface area contributed by atoms with Crippen LogP contribution >= 0.6 is 0 Å². The molecule has 4 rings (SSSR count). The van der Waals surface area contributed by atoms with Crippen molar-refractivity contribution >= 4 is 22.9 Å². The van der Waals surface area contributed by atoms with Crippen molar-refractivity contribution in [3.05, 3.63) is 77.1 Å². The number of ketones is 1. The molecule has 6 heteroatoms. The van der Waals surface area contributed by atoms with Gasteiger partial charge in [0, 0.05) is 43.5 Å². The number of carbonyl (C=O) groups is 2. The van der Waals surface area contributed by atoms with Crippen LogP contribution < -0.4 is 5.32 Å². The maximum absolute atomic E-state index is 13.1. The van der Waals surface area contributed by atoms with Crippen molar-refractivity contribution in [1.29, 1.82) is 0 Å². The van der Waals surface area contributed by atoms with Gasteiger partial charge in [-0.3, -0.25) is 9.59 Å². The second-order valence-electron chi connectivity index (χ2n) is 9.69. The molecule has 36 heavy (non-hydrogen) atoms. The number of nitrogens with one attached hydrogen (secondary N) is 1. The molecule has 0 aliphatic carbocycles.